The molecule has 0 bridgehead atoms. The first-order valence-corrected chi connectivity index (χ1v) is 11.2. The third kappa shape index (κ3) is 3.85. The summed E-state index contributed by atoms with van der Waals surface area (Å²) in [6.07, 6.45) is 0. The maximum Gasteiger partial charge on any atom is 0.325 e. The molecule has 0 saturated carbocycles. The van der Waals surface area contributed by atoms with Crippen molar-refractivity contribution in [1.82, 2.24) is 15.2 Å². The largest absolute Gasteiger partial charge is 0.325 e. The van der Waals surface area contributed by atoms with E-state index in [1.165, 1.54) is 0 Å². The van der Waals surface area contributed by atoms with Crippen LogP contribution >= 0.6 is 11.3 Å². The summed E-state index contributed by atoms with van der Waals surface area (Å²) in [5.41, 5.74) is 1.93. The van der Waals surface area contributed by atoms with Gasteiger partial charge in [0.15, 0.2) is 0 Å². The number of imide groups is 1. The molecule has 7 nitrogen and oxygen atoms in total. The van der Waals surface area contributed by atoms with Crippen LogP contribution in [0.2, 0.25) is 0 Å². The highest BCUT2D eigenvalue weighted by Crippen LogP contribution is 2.31. The monoisotopic (exact) mass is 456 g/mol. The van der Waals surface area contributed by atoms with Gasteiger partial charge in [-0.3, -0.25) is 14.5 Å². The van der Waals surface area contributed by atoms with E-state index in [2.05, 4.69) is 15.6 Å². The molecule has 4 aromatic rings. The second-order valence-electron chi connectivity index (χ2n) is 7.92. The molecule has 0 radical (unpaired) electrons. The summed E-state index contributed by atoms with van der Waals surface area (Å²) in [4.78, 5) is 43.6. The summed E-state index contributed by atoms with van der Waals surface area (Å²) in [6.45, 7) is 1.27. The fourth-order valence-corrected chi connectivity index (χ4v) is 4.81. The van der Waals surface area contributed by atoms with Gasteiger partial charge in [-0.25, -0.2) is 9.78 Å². The SMILES string of the molecule is CC1(c2ccccc2)NC(=O)N(CC(=O)Nc2ccc(-c3nc4ccccc4s3)cc2)C1=O. The minimum absolute atomic E-state index is 0.368. The fraction of sp³-hybridized carbons (Fsp3) is 0.120. The molecule has 1 aliphatic rings. The molecule has 8 heteroatoms. The molecule has 0 aliphatic carbocycles. The number of anilines is 1. The zero-order valence-electron chi connectivity index (χ0n) is 17.7. The predicted molar refractivity (Wildman–Crippen MR) is 128 cm³/mol. The van der Waals surface area contributed by atoms with E-state index in [1.54, 1.807) is 54.7 Å². The van der Waals surface area contributed by atoms with Crippen LogP contribution in [0.15, 0.2) is 78.9 Å². The van der Waals surface area contributed by atoms with Crippen LogP contribution in [0.25, 0.3) is 20.8 Å². The van der Waals surface area contributed by atoms with Gasteiger partial charge in [0.1, 0.15) is 17.1 Å². The van der Waals surface area contributed by atoms with Gasteiger partial charge in [-0.15, -0.1) is 11.3 Å². The average molecular weight is 457 g/mol. The molecule has 1 fully saturated rings. The van der Waals surface area contributed by atoms with Crippen molar-refractivity contribution in [1.29, 1.82) is 0 Å². The van der Waals surface area contributed by atoms with Gasteiger partial charge in [0, 0.05) is 11.3 Å². The zero-order valence-corrected chi connectivity index (χ0v) is 18.6. The summed E-state index contributed by atoms with van der Waals surface area (Å²) in [6, 6.07) is 23.7. The van der Waals surface area contributed by atoms with Crippen LogP contribution in [-0.4, -0.2) is 34.3 Å². The van der Waals surface area contributed by atoms with Crippen LogP contribution in [0.1, 0.15) is 12.5 Å². The molecule has 33 heavy (non-hydrogen) atoms. The maximum absolute atomic E-state index is 13.0. The Morgan fingerprint density at radius 3 is 2.42 bits per heavy atom. The van der Waals surface area contributed by atoms with E-state index in [0.29, 0.717) is 11.3 Å². The Bertz CT molecular complexity index is 1330. The third-order valence-electron chi connectivity index (χ3n) is 5.64. The van der Waals surface area contributed by atoms with Crippen LogP contribution < -0.4 is 10.6 Å². The smallest absolute Gasteiger partial charge is 0.325 e. The number of nitrogens with zero attached hydrogens (tertiary/aromatic N) is 2. The molecule has 2 heterocycles. The van der Waals surface area contributed by atoms with Gasteiger partial charge in [-0.05, 0) is 48.9 Å². The number of carbonyl (C=O) groups excluding carboxylic acids is 3. The highest BCUT2D eigenvalue weighted by atomic mass is 32.1. The van der Waals surface area contributed by atoms with Crippen molar-refractivity contribution < 1.29 is 14.4 Å². The van der Waals surface area contributed by atoms with Crippen molar-refractivity contribution in [2.45, 2.75) is 12.5 Å². The molecule has 3 aromatic carbocycles. The minimum Gasteiger partial charge on any atom is -0.325 e. The van der Waals surface area contributed by atoms with Crippen LogP contribution in [-0.2, 0) is 15.1 Å². The number of urea groups is 1. The van der Waals surface area contributed by atoms with Crippen LogP contribution in [0.5, 0.6) is 0 Å². The maximum atomic E-state index is 13.0. The van der Waals surface area contributed by atoms with Crippen molar-refractivity contribution in [3.05, 3.63) is 84.4 Å². The van der Waals surface area contributed by atoms with E-state index < -0.39 is 23.4 Å². The lowest BCUT2D eigenvalue weighted by molar-refractivity contribution is -0.133. The van der Waals surface area contributed by atoms with Gasteiger partial charge in [0.05, 0.1) is 10.2 Å². The van der Waals surface area contributed by atoms with Gasteiger partial charge < -0.3 is 10.6 Å². The topological polar surface area (TPSA) is 91.4 Å². The normalized spacial score (nSPS) is 17.9. The number of thiazole rings is 1. The quantitative estimate of drug-likeness (QED) is 0.436. The van der Waals surface area contributed by atoms with E-state index >= 15 is 0 Å². The van der Waals surface area contributed by atoms with Crippen molar-refractivity contribution >= 4 is 45.1 Å². The third-order valence-corrected chi connectivity index (χ3v) is 6.72. The number of aromatic nitrogens is 1. The number of benzene rings is 3. The summed E-state index contributed by atoms with van der Waals surface area (Å²) in [5, 5.41) is 6.35. The Labute approximate surface area is 194 Å². The first-order chi connectivity index (χ1) is 15.9. The number of hydrogen-bond acceptors (Lipinski definition) is 5. The predicted octanol–water partition coefficient (Wildman–Crippen LogP) is 4.37. The van der Waals surface area contributed by atoms with E-state index in [1.807, 2.05) is 42.5 Å². The lowest BCUT2D eigenvalue weighted by atomic mass is 9.92. The van der Waals surface area contributed by atoms with E-state index in [9.17, 15) is 14.4 Å². The molecular weight excluding hydrogens is 436 g/mol. The highest BCUT2D eigenvalue weighted by Gasteiger charge is 2.49. The number of carbonyl (C=O) groups is 3. The molecule has 164 valence electrons. The van der Waals surface area contributed by atoms with Crippen molar-refractivity contribution in [3.63, 3.8) is 0 Å². The van der Waals surface area contributed by atoms with E-state index in [0.717, 1.165) is 25.7 Å². The number of rotatable bonds is 5. The van der Waals surface area contributed by atoms with Gasteiger partial charge >= 0.3 is 6.03 Å². The van der Waals surface area contributed by atoms with Crippen LogP contribution in [0, 0.1) is 0 Å². The number of fused-ring (bicyclic) bond motifs is 1. The number of hydrogen-bond donors (Lipinski definition) is 2. The van der Waals surface area contributed by atoms with Crippen molar-refractivity contribution in [2.75, 3.05) is 11.9 Å². The second-order valence-corrected chi connectivity index (χ2v) is 8.96. The standard InChI is InChI=1S/C25H20N4O3S/c1-25(17-7-3-2-4-8-17)23(31)29(24(32)28-25)15-21(30)26-18-13-11-16(12-14-18)22-27-19-9-5-6-10-20(19)33-22/h2-14H,15H2,1H3,(H,26,30)(H,28,32). The lowest BCUT2D eigenvalue weighted by Crippen LogP contribution is -2.42. The van der Waals surface area contributed by atoms with Gasteiger partial charge in [-0.2, -0.15) is 0 Å². The summed E-state index contributed by atoms with van der Waals surface area (Å²) in [5.74, 6) is -0.913. The van der Waals surface area contributed by atoms with Crippen LogP contribution in [0.3, 0.4) is 0 Å². The Kier molecular flexibility index (Phi) is 5.14. The first-order valence-electron chi connectivity index (χ1n) is 10.4. The Morgan fingerprint density at radius 2 is 1.70 bits per heavy atom. The average Bonchev–Trinajstić information content (AvgIpc) is 3.35. The first kappa shape index (κ1) is 20.8. The van der Waals surface area contributed by atoms with Gasteiger partial charge in [0.25, 0.3) is 5.91 Å². The highest BCUT2D eigenvalue weighted by molar-refractivity contribution is 7.21. The minimum atomic E-state index is -1.20. The zero-order chi connectivity index (χ0) is 23.0. The molecular formula is C25H20N4O3S. The summed E-state index contributed by atoms with van der Waals surface area (Å²) >= 11 is 1.60. The molecule has 2 N–H and O–H groups in total. The molecule has 5 rings (SSSR count). The van der Waals surface area contributed by atoms with Crippen LogP contribution in [0.4, 0.5) is 10.5 Å². The van der Waals surface area contributed by atoms with Crippen molar-refractivity contribution in [2.24, 2.45) is 0 Å². The Hall–Kier alpha value is -4.04. The number of amides is 4. The number of nitrogens with one attached hydrogen (secondary N) is 2. The molecule has 1 saturated heterocycles. The molecule has 1 unspecified atom stereocenters. The summed E-state index contributed by atoms with van der Waals surface area (Å²) in [7, 11) is 0. The van der Waals surface area contributed by atoms with Crippen molar-refractivity contribution in [3.8, 4) is 10.6 Å². The van der Waals surface area contributed by atoms with E-state index in [4.69, 9.17) is 0 Å². The second kappa shape index (κ2) is 8.14. The Balaban J connectivity index is 1.26. The molecule has 1 atom stereocenters. The summed E-state index contributed by atoms with van der Waals surface area (Å²) < 4.78 is 1.11. The Morgan fingerprint density at radius 1 is 1.00 bits per heavy atom. The molecule has 0 spiro atoms. The lowest BCUT2D eigenvalue weighted by Gasteiger charge is -2.22. The molecule has 4 amide bonds. The molecule has 1 aromatic heterocycles. The molecule has 1 aliphatic heterocycles. The fourth-order valence-electron chi connectivity index (χ4n) is 3.84. The van der Waals surface area contributed by atoms with E-state index in [-0.39, 0.29) is 6.54 Å². The van der Waals surface area contributed by atoms with Gasteiger partial charge in [0.2, 0.25) is 5.91 Å². The number of para-hydroxylation sites is 1. The van der Waals surface area contributed by atoms with Gasteiger partial charge in [-0.1, -0.05) is 42.5 Å².